The van der Waals surface area contributed by atoms with Gasteiger partial charge in [-0.15, -0.1) is 0 Å². The van der Waals surface area contributed by atoms with Crippen molar-refractivity contribution in [1.82, 2.24) is 4.90 Å². The van der Waals surface area contributed by atoms with Crippen LogP contribution in [0.15, 0.2) is 16.7 Å². The summed E-state index contributed by atoms with van der Waals surface area (Å²) in [6.45, 7) is 4.60. The Hall–Kier alpha value is -1.29. The predicted molar refractivity (Wildman–Crippen MR) is 61.2 cm³/mol. The van der Waals surface area contributed by atoms with Crippen molar-refractivity contribution in [3.05, 3.63) is 23.7 Å². The number of likely N-dealkylation sites (tertiary alicyclic amines) is 1. The number of aryl methyl sites for hydroxylation is 1. The van der Waals surface area contributed by atoms with Crippen LogP contribution in [-0.4, -0.2) is 29.4 Å². The molecular weight excluding hydrogens is 204 g/mol. The average molecular weight is 222 g/mol. The highest BCUT2D eigenvalue weighted by Gasteiger charge is 2.28. The minimum absolute atomic E-state index is 0.0608. The van der Waals surface area contributed by atoms with Gasteiger partial charge in [0.1, 0.15) is 5.76 Å². The molecule has 4 nitrogen and oxygen atoms in total. The summed E-state index contributed by atoms with van der Waals surface area (Å²) in [5.74, 6) is 0.748. The number of hydrogen-bond acceptors (Lipinski definition) is 3. The van der Waals surface area contributed by atoms with E-state index in [2.05, 4.69) is 0 Å². The third-order valence-corrected chi connectivity index (χ3v) is 3.27. The molecule has 0 saturated carbocycles. The van der Waals surface area contributed by atoms with Gasteiger partial charge in [-0.25, -0.2) is 0 Å². The molecule has 1 saturated heterocycles. The first kappa shape index (κ1) is 11.2. The molecule has 88 valence electrons. The van der Waals surface area contributed by atoms with Crippen LogP contribution in [0, 0.1) is 6.92 Å². The molecule has 16 heavy (non-hydrogen) atoms. The van der Waals surface area contributed by atoms with E-state index in [4.69, 9.17) is 10.2 Å². The van der Waals surface area contributed by atoms with Crippen LogP contribution in [0.1, 0.15) is 35.9 Å². The predicted octanol–water partition coefficient (Wildman–Crippen LogP) is 1.54. The standard InChI is InChI=1S/C12H18N2O2/c1-8-7-10(13)3-5-14(8)12(15)11-4-6-16-9(11)2/h4,6,8,10H,3,5,7,13H2,1-2H3. The maximum absolute atomic E-state index is 12.2. The molecule has 0 aromatic carbocycles. The Labute approximate surface area is 95.4 Å². The van der Waals surface area contributed by atoms with Gasteiger partial charge in [0.15, 0.2) is 0 Å². The molecule has 1 aliphatic heterocycles. The minimum Gasteiger partial charge on any atom is -0.469 e. The fraction of sp³-hybridized carbons (Fsp3) is 0.583. The van der Waals surface area contributed by atoms with Crippen molar-refractivity contribution in [2.75, 3.05) is 6.54 Å². The van der Waals surface area contributed by atoms with Gasteiger partial charge in [-0.1, -0.05) is 0 Å². The second-order valence-electron chi connectivity index (χ2n) is 4.52. The number of nitrogens with two attached hydrogens (primary N) is 1. The van der Waals surface area contributed by atoms with E-state index in [1.165, 1.54) is 0 Å². The lowest BCUT2D eigenvalue weighted by molar-refractivity contribution is 0.0617. The van der Waals surface area contributed by atoms with Crippen molar-refractivity contribution in [1.29, 1.82) is 0 Å². The van der Waals surface area contributed by atoms with Crippen LogP contribution in [0.25, 0.3) is 0 Å². The molecule has 0 aliphatic carbocycles. The first-order valence-electron chi connectivity index (χ1n) is 5.70. The first-order chi connectivity index (χ1) is 7.59. The monoisotopic (exact) mass is 222 g/mol. The number of furan rings is 1. The maximum atomic E-state index is 12.2. The lowest BCUT2D eigenvalue weighted by atomic mass is 9.98. The fourth-order valence-corrected chi connectivity index (χ4v) is 2.27. The summed E-state index contributed by atoms with van der Waals surface area (Å²) in [7, 11) is 0. The molecule has 4 heteroatoms. The molecule has 2 rings (SSSR count). The summed E-state index contributed by atoms with van der Waals surface area (Å²) in [5, 5.41) is 0. The van der Waals surface area contributed by atoms with Crippen molar-refractivity contribution >= 4 is 5.91 Å². The van der Waals surface area contributed by atoms with E-state index < -0.39 is 0 Å². The van der Waals surface area contributed by atoms with Crippen LogP contribution < -0.4 is 5.73 Å². The molecule has 1 aromatic rings. The molecular formula is C12H18N2O2. The normalized spacial score (nSPS) is 25.8. The van der Waals surface area contributed by atoms with Gasteiger partial charge in [-0.3, -0.25) is 4.79 Å². The van der Waals surface area contributed by atoms with Crippen molar-refractivity contribution in [2.24, 2.45) is 5.73 Å². The number of carbonyl (C=O) groups is 1. The molecule has 0 radical (unpaired) electrons. The Balaban J connectivity index is 2.14. The van der Waals surface area contributed by atoms with Gasteiger partial charge in [0.25, 0.3) is 5.91 Å². The van der Waals surface area contributed by atoms with Gasteiger partial charge in [0.05, 0.1) is 11.8 Å². The lowest BCUT2D eigenvalue weighted by Gasteiger charge is -2.36. The maximum Gasteiger partial charge on any atom is 0.257 e. The van der Waals surface area contributed by atoms with Crippen molar-refractivity contribution in [3.8, 4) is 0 Å². The number of rotatable bonds is 1. The third kappa shape index (κ3) is 1.97. The Bertz CT molecular complexity index is 386. The van der Waals surface area contributed by atoms with E-state index in [0.29, 0.717) is 11.3 Å². The topological polar surface area (TPSA) is 59.5 Å². The summed E-state index contributed by atoms with van der Waals surface area (Å²) in [6, 6.07) is 2.17. The highest BCUT2D eigenvalue weighted by molar-refractivity contribution is 5.95. The Morgan fingerprint density at radius 2 is 2.38 bits per heavy atom. The summed E-state index contributed by atoms with van der Waals surface area (Å²) in [5.41, 5.74) is 6.55. The Morgan fingerprint density at radius 3 is 2.94 bits per heavy atom. The van der Waals surface area contributed by atoms with Gasteiger partial charge in [-0.2, -0.15) is 0 Å². The molecule has 2 unspecified atom stereocenters. The zero-order chi connectivity index (χ0) is 11.7. The van der Waals surface area contributed by atoms with E-state index in [1.54, 1.807) is 12.3 Å². The van der Waals surface area contributed by atoms with Crippen molar-refractivity contribution in [2.45, 2.75) is 38.8 Å². The molecule has 1 fully saturated rings. The van der Waals surface area contributed by atoms with Crippen LogP contribution in [0.2, 0.25) is 0 Å². The zero-order valence-corrected chi connectivity index (χ0v) is 9.77. The number of nitrogens with zero attached hydrogens (tertiary/aromatic N) is 1. The molecule has 1 aromatic heterocycles. The zero-order valence-electron chi connectivity index (χ0n) is 9.77. The number of amides is 1. The Kier molecular flexibility index (Phi) is 3.01. The molecule has 0 spiro atoms. The van der Waals surface area contributed by atoms with E-state index in [-0.39, 0.29) is 18.0 Å². The SMILES string of the molecule is Cc1occc1C(=O)N1CCC(N)CC1C. The highest BCUT2D eigenvalue weighted by Crippen LogP contribution is 2.20. The van der Waals surface area contributed by atoms with Crippen LogP contribution in [0.5, 0.6) is 0 Å². The van der Waals surface area contributed by atoms with Crippen LogP contribution in [0.4, 0.5) is 0 Å². The van der Waals surface area contributed by atoms with Crippen molar-refractivity contribution in [3.63, 3.8) is 0 Å². The molecule has 1 aliphatic rings. The molecule has 2 heterocycles. The first-order valence-corrected chi connectivity index (χ1v) is 5.70. The number of carbonyl (C=O) groups excluding carboxylic acids is 1. The lowest BCUT2D eigenvalue weighted by Crippen LogP contribution is -2.48. The summed E-state index contributed by atoms with van der Waals surface area (Å²) in [6.07, 6.45) is 3.32. The smallest absolute Gasteiger partial charge is 0.257 e. The molecule has 2 N–H and O–H groups in total. The highest BCUT2D eigenvalue weighted by atomic mass is 16.3. The number of piperidine rings is 1. The van der Waals surface area contributed by atoms with E-state index in [0.717, 1.165) is 19.4 Å². The minimum atomic E-state index is 0.0608. The Morgan fingerprint density at radius 1 is 1.62 bits per heavy atom. The van der Waals surface area contributed by atoms with E-state index >= 15 is 0 Å². The quantitative estimate of drug-likeness (QED) is 0.784. The molecule has 2 atom stereocenters. The number of hydrogen-bond donors (Lipinski definition) is 1. The summed E-state index contributed by atoms with van der Waals surface area (Å²) in [4.78, 5) is 14.1. The average Bonchev–Trinajstić information content (AvgIpc) is 2.63. The van der Waals surface area contributed by atoms with E-state index in [1.807, 2.05) is 18.7 Å². The van der Waals surface area contributed by atoms with Gasteiger partial charge in [-0.05, 0) is 32.8 Å². The van der Waals surface area contributed by atoms with Crippen LogP contribution in [-0.2, 0) is 0 Å². The van der Waals surface area contributed by atoms with Crippen molar-refractivity contribution < 1.29 is 9.21 Å². The van der Waals surface area contributed by atoms with Gasteiger partial charge >= 0.3 is 0 Å². The van der Waals surface area contributed by atoms with Gasteiger partial charge < -0.3 is 15.1 Å². The van der Waals surface area contributed by atoms with E-state index in [9.17, 15) is 4.79 Å². The molecule has 0 bridgehead atoms. The largest absolute Gasteiger partial charge is 0.469 e. The third-order valence-electron chi connectivity index (χ3n) is 3.27. The van der Waals surface area contributed by atoms with Crippen LogP contribution >= 0.6 is 0 Å². The van der Waals surface area contributed by atoms with Crippen LogP contribution in [0.3, 0.4) is 0 Å². The fourth-order valence-electron chi connectivity index (χ4n) is 2.27. The molecule has 1 amide bonds. The summed E-state index contributed by atoms with van der Waals surface area (Å²) < 4.78 is 5.16. The van der Waals surface area contributed by atoms with Gasteiger partial charge in [0.2, 0.25) is 0 Å². The van der Waals surface area contributed by atoms with Gasteiger partial charge in [0, 0.05) is 18.6 Å². The second kappa shape index (κ2) is 4.29. The summed E-state index contributed by atoms with van der Waals surface area (Å²) >= 11 is 0. The second-order valence-corrected chi connectivity index (χ2v) is 4.52.